The first-order chi connectivity index (χ1) is 5.09. The number of hydrogen-bond acceptors (Lipinski definition) is 1. The molecule has 1 saturated heterocycles. The van der Waals surface area contributed by atoms with E-state index in [9.17, 15) is 0 Å². The van der Waals surface area contributed by atoms with E-state index in [1.165, 1.54) is 12.8 Å². The van der Waals surface area contributed by atoms with E-state index in [1.807, 2.05) is 0 Å². The average molecular weight is 156 g/mol. The number of ether oxygens (including phenoxy) is 1. The molecule has 0 aromatic rings. The first-order valence-electron chi connectivity index (χ1n) is 4.75. The summed E-state index contributed by atoms with van der Waals surface area (Å²) in [6, 6.07) is 0. The molecular formula is C10H20O. The minimum atomic E-state index is 0.493. The Hall–Kier alpha value is -0.0400. The second-order valence-electron chi connectivity index (χ2n) is 4.28. The summed E-state index contributed by atoms with van der Waals surface area (Å²) in [5, 5.41) is 0. The highest BCUT2D eigenvalue weighted by atomic mass is 16.5. The third kappa shape index (κ3) is 2.48. The van der Waals surface area contributed by atoms with Crippen LogP contribution < -0.4 is 0 Å². The summed E-state index contributed by atoms with van der Waals surface area (Å²) in [5.74, 6) is 1.63. The van der Waals surface area contributed by atoms with Crippen molar-refractivity contribution in [1.29, 1.82) is 0 Å². The van der Waals surface area contributed by atoms with Gasteiger partial charge < -0.3 is 4.74 Å². The van der Waals surface area contributed by atoms with Gasteiger partial charge >= 0.3 is 0 Å². The van der Waals surface area contributed by atoms with Gasteiger partial charge in [-0.3, -0.25) is 0 Å². The van der Waals surface area contributed by atoms with Crippen molar-refractivity contribution in [2.24, 2.45) is 11.8 Å². The molecule has 1 heteroatoms. The first-order valence-corrected chi connectivity index (χ1v) is 4.75. The molecule has 1 aliphatic heterocycles. The topological polar surface area (TPSA) is 9.23 Å². The lowest BCUT2D eigenvalue weighted by Crippen LogP contribution is -2.13. The van der Waals surface area contributed by atoms with Crippen LogP contribution in [0.2, 0.25) is 0 Å². The fourth-order valence-electron chi connectivity index (χ4n) is 2.04. The number of rotatable bonds is 2. The predicted octanol–water partition coefficient (Wildman–Crippen LogP) is 2.85. The number of hydrogen-bond donors (Lipinski definition) is 0. The van der Waals surface area contributed by atoms with Crippen LogP contribution in [0.25, 0.3) is 0 Å². The van der Waals surface area contributed by atoms with Crippen molar-refractivity contribution < 1.29 is 4.74 Å². The molecule has 3 atom stereocenters. The Morgan fingerprint density at radius 2 is 2.00 bits per heavy atom. The maximum absolute atomic E-state index is 5.67. The van der Waals surface area contributed by atoms with E-state index < -0.39 is 0 Å². The van der Waals surface area contributed by atoms with Crippen LogP contribution in [-0.4, -0.2) is 12.2 Å². The minimum absolute atomic E-state index is 0.493. The maximum Gasteiger partial charge on any atom is 0.0579 e. The van der Waals surface area contributed by atoms with Gasteiger partial charge in [-0.25, -0.2) is 0 Å². The predicted molar refractivity (Wildman–Crippen MR) is 47.6 cm³/mol. The Labute approximate surface area is 70.1 Å². The van der Waals surface area contributed by atoms with Gasteiger partial charge in [0.1, 0.15) is 0 Å². The van der Waals surface area contributed by atoms with Crippen molar-refractivity contribution in [3.63, 3.8) is 0 Å². The standard InChI is InChI=1S/C10H20O/c1-7(2)5-10-6-8(3)11-9(10)4/h7-10H,5-6H2,1-4H3. The highest BCUT2D eigenvalue weighted by Crippen LogP contribution is 2.30. The van der Waals surface area contributed by atoms with E-state index >= 15 is 0 Å². The second kappa shape index (κ2) is 3.57. The molecule has 1 nitrogen and oxygen atoms in total. The van der Waals surface area contributed by atoms with Gasteiger partial charge in [-0.15, -0.1) is 0 Å². The molecule has 1 aliphatic rings. The Bertz CT molecular complexity index is 120. The highest BCUT2D eigenvalue weighted by Gasteiger charge is 2.29. The SMILES string of the molecule is CC(C)CC1CC(C)OC1C. The van der Waals surface area contributed by atoms with Crippen molar-refractivity contribution in [3.8, 4) is 0 Å². The molecule has 3 unspecified atom stereocenters. The van der Waals surface area contributed by atoms with Crippen LogP contribution in [0.1, 0.15) is 40.5 Å². The Kier molecular flexibility index (Phi) is 2.94. The summed E-state index contributed by atoms with van der Waals surface area (Å²) in [7, 11) is 0. The lowest BCUT2D eigenvalue weighted by molar-refractivity contribution is 0.0535. The highest BCUT2D eigenvalue weighted by molar-refractivity contribution is 4.77. The Morgan fingerprint density at radius 1 is 1.36 bits per heavy atom. The van der Waals surface area contributed by atoms with Crippen molar-refractivity contribution in [1.82, 2.24) is 0 Å². The summed E-state index contributed by atoms with van der Waals surface area (Å²) in [5.41, 5.74) is 0. The lowest BCUT2D eigenvalue weighted by Gasteiger charge is -2.15. The lowest BCUT2D eigenvalue weighted by atomic mass is 9.91. The molecule has 1 rings (SSSR count). The minimum Gasteiger partial charge on any atom is -0.375 e. The van der Waals surface area contributed by atoms with Crippen molar-refractivity contribution >= 4 is 0 Å². The Morgan fingerprint density at radius 3 is 2.36 bits per heavy atom. The van der Waals surface area contributed by atoms with Crippen LogP contribution in [0.15, 0.2) is 0 Å². The van der Waals surface area contributed by atoms with Crippen LogP contribution in [0.4, 0.5) is 0 Å². The van der Waals surface area contributed by atoms with Crippen molar-refractivity contribution in [2.75, 3.05) is 0 Å². The van der Waals surface area contributed by atoms with Gasteiger partial charge in [-0.05, 0) is 38.5 Å². The molecule has 0 aromatic heterocycles. The van der Waals surface area contributed by atoms with Gasteiger partial charge in [0.05, 0.1) is 12.2 Å². The van der Waals surface area contributed by atoms with Crippen LogP contribution in [-0.2, 0) is 4.74 Å². The summed E-state index contributed by atoms with van der Waals surface area (Å²) in [6.07, 6.45) is 3.58. The molecule has 0 amide bonds. The third-order valence-electron chi connectivity index (χ3n) is 2.52. The van der Waals surface area contributed by atoms with E-state index in [1.54, 1.807) is 0 Å². The normalized spacial score (nSPS) is 38.5. The fraction of sp³-hybridized carbons (Fsp3) is 1.00. The molecule has 0 N–H and O–H groups in total. The summed E-state index contributed by atoms with van der Waals surface area (Å²) >= 11 is 0. The van der Waals surface area contributed by atoms with Crippen LogP contribution in [0.3, 0.4) is 0 Å². The molecule has 1 fully saturated rings. The summed E-state index contributed by atoms with van der Waals surface area (Å²) in [4.78, 5) is 0. The van der Waals surface area contributed by atoms with Crippen LogP contribution in [0, 0.1) is 11.8 Å². The van der Waals surface area contributed by atoms with Gasteiger partial charge in [-0.1, -0.05) is 13.8 Å². The first kappa shape index (κ1) is 9.05. The van der Waals surface area contributed by atoms with E-state index in [-0.39, 0.29) is 0 Å². The zero-order valence-corrected chi connectivity index (χ0v) is 8.13. The summed E-state index contributed by atoms with van der Waals surface area (Å²) < 4.78 is 5.67. The second-order valence-corrected chi connectivity index (χ2v) is 4.28. The smallest absolute Gasteiger partial charge is 0.0579 e. The van der Waals surface area contributed by atoms with E-state index in [4.69, 9.17) is 4.74 Å². The van der Waals surface area contributed by atoms with Gasteiger partial charge in [0, 0.05) is 0 Å². The van der Waals surface area contributed by atoms with E-state index in [2.05, 4.69) is 27.7 Å². The van der Waals surface area contributed by atoms with Crippen molar-refractivity contribution in [2.45, 2.75) is 52.7 Å². The molecule has 0 aromatic carbocycles. The van der Waals surface area contributed by atoms with Gasteiger partial charge in [-0.2, -0.15) is 0 Å². The molecule has 11 heavy (non-hydrogen) atoms. The molecule has 0 bridgehead atoms. The van der Waals surface area contributed by atoms with Crippen molar-refractivity contribution in [3.05, 3.63) is 0 Å². The zero-order chi connectivity index (χ0) is 8.43. The average Bonchev–Trinajstić information content (AvgIpc) is 2.09. The monoisotopic (exact) mass is 156 g/mol. The van der Waals surface area contributed by atoms with Gasteiger partial charge in [0.25, 0.3) is 0 Å². The quantitative estimate of drug-likeness (QED) is 0.597. The molecule has 0 saturated carbocycles. The van der Waals surface area contributed by atoms with E-state index in [0.29, 0.717) is 12.2 Å². The molecule has 0 radical (unpaired) electrons. The third-order valence-corrected chi connectivity index (χ3v) is 2.52. The largest absolute Gasteiger partial charge is 0.375 e. The molecule has 66 valence electrons. The fourth-order valence-corrected chi connectivity index (χ4v) is 2.04. The Balaban J connectivity index is 2.34. The maximum atomic E-state index is 5.67. The summed E-state index contributed by atoms with van der Waals surface area (Å²) in [6.45, 7) is 8.96. The molecular weight excluding hydrogens is 136 g/mol. The molecule has 1 heterocycles. The van der Waals surface area contributed by atoms with Crippen LogP contribution >= 0.6 is 0 Å². The van der Waals surface area contributed by atoms with E-state index in [0.717, 1.165) is 11.8 Å². The van der Waals surface area contributed by atoms with Gasteiger partial charge in [0.15, 0.2) is 0 Å². The van der Waals surface area contributed by atoms with Gasteiger partial charge in [0.2, 0.25) is 0 Å². The van der Waals surface area contributed by atoms with Crippen LogP contribution in [0.5, 0.6) is 0 Å². The molecule has 0 aliphatic carbocycles. The zero-order valence-electron chi connectivity index (χ0n) is 8.13. The molecule has 0 spiro atoms.